The van der Waals surface area contributed by atoms with E-state index in [9.17, 15) is 13.2 Å². The first-order chi connectivity index (χ1) is 8.94. The minimum absolute atomic E-state index is 0.0458. The van der Waals surface area contributed by atoms with Crippen LogP contribution in [0.2, 0.25) is 0 Å². The molecule has 4 nitrogen and oxygen atoms in total. The Morgan fingerprint density at radius 1 is 1.42 bits per heavy atom. The number of carbonyl (C=O) groups excluding carboxylic acids is 1. The molecule has 0 aromatic heterocycles. The quantitative estimate of drug-likeness (QED) is 0.814. The Hall–Kier alpha value is -1.20. The number of Topliss-reactive ketones (excluding diaryl/α,β-unsaturated/α-hetero) is 1. The first kappa shape index (κ1) is 14.2. The molecule has 1 aliphatic rings. The van der Waals surface area contributed by atoms with Crippen LogP contribution in [0.25, 0.3) is 0 Å². The molecule has 1 N–H and O–H groups in total. The van der Waals surface area contributed by atoms with Gasteiger partial charge in [-0.05, 0) is 37.8 Å². The molecule has 0 saturated heterocycles. The first-order valence-corrected chi connectivity index (χ1v) is 8.08. The summed E-state index contributed by atoms with van der Waals surface area (Å²) in [7, 11) is -3.53. The fraction of sp³-hybridized carbons (Fsp3) is 0.500. The molecule has 0 spiro atoms. The smallest absolute Gasteiger partial charge is 0.240 e. The number of hydrogen-bond acceptors (Lipinski definition) is 3. The van der Waals surface area contributed by atoms with Crippen molar-refractivity contribution >= 4 is 15.8 Å². The third-order valence-electron chi connectivity index (χ3n) is 3.46. The van der Waals surface area contributed by atoms with Gasteiger partial charge in [0.15, 0.2) is 5.78 Å². The fourth-order valence-electron chi connectivity index (χ4n) is 2.05. The molecule has 1 fully saturated rings. The van der Waals surface area contributed by atoms with Crippen molar-refractivity contribution in [2.24, 2.45) is 5.92 Å². The van der Waals surface area contributed by atoms with E-state index in [1.807, 2.05) is 6.92 Å². The molecule has 2 rings (SSSR count). The second-order valence-electron chi connectivity index (χ2n) is 5.05. The molecule has 0 radical (unpaired) electrons. The van der Waals surface area contributed by atoms with Gasteiger partial charge in [-0.25, -0.2) is 13.1 Å². The van der Waals surface area contributed by atoms with Crippen LogP contribution in [0.1, 0.15) is 43.5 Å². The molecule has 0 heterocycles. The average Bonchev–Trinajstić information content (AvgIpc) is 3.21. The highest BCUT2D eigenvalue weighted by atomic mass is 32.2. The van der Waals surface area contributed by atoms with Gasteiger partial charge in [-0.1, -0.05) is 19.1 Å². The molecule has 0 bridgehead atoms. The fourth-order valence-corrected chi connectivity index (χ4v) is 3.40. The number of benzene rings is 1. The number of sulfonamides is 1. The third kappa shape index (κ3) is 3.42. The van der Waals surface area contributed by atoms with Gasteiger partial charge in [0.1, 0.15) is 0 Å². The summed E-state index contributed by atoms with van der Waals surface area (Å²) in [6.07, 6.45) is 2.53. The third-order valence-corrected chi connectivity index (χ3v) is 5.01. The molecular formula is C14H19NO3S. The molecule has 1 atom stereocenters. The minimum atomic E-state index is -3.53. The predicted octanol–water partition coefficient (Wildman–Crippen LogP) is 2.36. The van der Waals surface area contributed by atoms with E-state index in [-0.39, 0.29) is 16.7 Å². The van der Waals surface area contributed by atoms with Crippen LogP contribution in [0.4, 0.5) is 0 Å². The topological polar surface area (TPSA) is 63.2 Å². The van der Waals surface area contributed by atoms with Crippen LogP contribution in [0.3, 0.4) is 0 Å². The number of ketones is 1. The van der Waals surface area contributed by atoms with Gasteiger partial charge >= 0.3 is 0 Å². The van der Waals surface area contributed by atoms with Crippen molar-refractivity contribution in [3.63, 3.8) is 0 Å². The van der Waals surface area contributed by atoms with Gasteiger partial charge in [-0.2, -0.15) is 0 Å². The Morgan fingerprint density at radius 3 is 2.68 bits per heavy atom. The van der Waals surface area contributed by atoms with E-state index < -0.39 is 10.0 Å². The molecule has 1 unspecified atom stereocenters. The lowest BCUT2D eigenvalue weighted by molar-refractivity contribution is 0.0988. The Labute approximate surface area is 114 Å². The lowest BCUT2D eigenvalue weighted by atomic mass is 10.1. The predicted molar refractivity (Wildman–Crippen MR) is 73.6 cm³/mol. The van der Waals surface area contributed by atoms with Crippen molar-refractivity contribution < 1.29 is 13.2 Å². The zero-order valence-corrected chi connectivity index (χ0v) is 12.0. The van der Waals surface area contributed by atoms with E-state index in [0.717, 1.165) is 12.8 Å². The van der Waals surface area contributed by atoms with Crippen LogP contribution < -0.4 is 4.72 Å². The molecular weight excluding hydrogens is 262 g/mol. The summed E-state index contributed by atoms with van der Waals surface area (Å²) < 4.78 is 27.1. The van der Waals surface area contributed by atoms with Crippen molar-refractivity contribution in [3.8, 4) is 0 Å². The van der Waals surface area contributed by atoms with E-state index >= 15 is 0 Å². The van der Waals surface area contributed by atoms with Gasteiger partial charge in [-0.3, -0.25) is 4.79 Å². The summed E-state index contributed by atoms with van der Waals surface area (Å²) in [5, 5.41) is 0. The molecule has 104 valence electrons. The van der Waals surface area contributed by atoms with Crippen molar-refractivity contribution in [1.29, 1.82) is 0 Å². The summed E-state index contributed by atoms with van der Waals surface area (Å²) in [6, 6.07) is 6.19. The molecule has 0 amide bonds. The maximum absolute atomic E-state index is 12.2. The Kier molecular flexibility index (Phi) is 4.06. The highest BCUT2D eigenvalue weighted by molar-refractivity contribution is 7.89. The Balaban J connectivity index is 2.22. The van der Waals surface area contributed by atoms with E-state index in [2.05, 4.69) is 4.72 Å². The van der Waals surface area contributed by atoms with E-state index in [1.54, 1.807) is 19.1 Å². The van der Waals surface area contributed by atoms with E-state index in [1.165, 1.54) is 12.1 Å². The zero-order chi connectivity index (χ0) is 14.0. The van der Waals surface area contributed by atoms with Gasteiger partial charge in [-0.15, -0.1) is 0 Å². The van der Waals surface area contributed by atoms with Gasteiger partial charge in [0.05, 0.1) is 4.90 Å². The van der Waals surface area contributed by atoms with Crippen molar-refractivity contribution in [1.82, 2.24) is 4.72 Å². The molecule has 5 heteroatoms. The normalized spacial score (nSPS) is 17.2. The highest BCUT2D eigenvalue weighted by Gasteiger charge is 2.31. The number of hydrogen-bond donors (Lipinski definition) is 1. The number of nitrogens with one attached hydrogen (secondary N) is 1. The maximum Gasteiger partial charge on any atom is 0.240 e. The monoisotopic (exact) mass is 281 g/mol. The maximum atomic E-state index is 12.2. The summed E-state index contributed by atoms with van der Waals surface area (Å²) in [5.41, 5.74) is 0.449. The molecule has 1 aromatic carbocycles. The SMILES string of the molecule is CCC(=O)c1cccc(S(=O)(=O)NC(C)C2CC2)c1. The van der Waals surface area contributed by atoms with Gasteiger partial charge in [0.2, 0.25) is 10.0 Å². The summed E-state index contributed by atoms with van der Waals surface area (Å²) in [4.78, 5) is 11.8. The summed E-state index contributed by atoms with van der Waals surface area (Å²) in [6.45, 7) is 3.65. The van der Waals surface area contributed by atoms with Crippen molar-refractivity contribution in [2.45, 2.75) is 44.0 Å². The summed E-state index contributed by atoms with van der Waals surface area (Å²) >= 11 is 0. The number of carbonyl (C=O) groups is 1. The minimum Gasteiger partial charge on any atom is -0.294 e. The second-order valence-corrected chi connectivity index (χ2v) is 6.77. The lowest BCUT2D eigenvalue weighted by Crippen LogP contribution is -2.34. The van der Waals surface area contributed by atoms with Crippen LogP contribution in [-0.4, -0.2) is 20.2 Å². The molecule has 19 heavy (non-hydrogen) atoms. The summed E-state index contributed by atoms with van der Waals surface area (Å²) in [5.74, 6) is 0.405. The Bertz CT molecular complexity index is 576. The van der Waals surface area contributed by atoms with Crippen LogP contribution in [0.5, 0.6) is 0 Å². The molecule has 1 aromatic rings. The number of rotatable bonds is 6. The van der Waals surface area contributed by atoms with Gasteiger partial charge < -0.3 is 0 Å². The Morgan fingerprint density at radius 2 is 2.11 bits per heavy atom. The zero-order valence-electron chi connectivity index (χ0n) is 11.2. The average molecular weight is 281 g/mol. The first-order valence-electron chi connectivity index (χ1n) is 6.59. The lowest BCUT2D eigenvalue weighted by Gasteiger charge is -2.13. The van der Waals surface area contributed by atoms with E-state index in [4.69, 9.17) is 0 Å². The van der Waals surface area contributed by atoms with Crippen molar-refractivity contribution in [3.05, 3.63) is 29.8 Å². The second kappa shape index (κ2) is 5.43. The highest BCUT2D eigenvalue weighted by Crippen LogP contribution is 2.33. The van der Waals surface area contributed by atoms with Crippen LogP contribution in [-0.2, 0) is 10.0 Å². The van der Waals surface area contributed by atoms with Crippen LogP contribution >= 0.6 is 0 Å². The van der Waals surface area contributed by atoms with Gasteiger partial charge in [0, 0.05) is 18.0 Å². The largest absolute Gasteiger partial charge is 0.294 e. The van der Waals surface area contributed by atoms with Crippen LogP contribution in [0, 0.1) is 5.92 Å². The standard InChI is InChI=1S/C14H19NO3S/c1-3-14(16)12-5-4-6-13(9-12)19(17,18)15-10(2)11-7-8-11/h4-6,9-11,15H,3,7-8H2,1-2H3. The van der Waals surface area contributed by atoms with Crippen LogP contribution in [0.15, 0.2) is 29.2 Å². The van der Waals surface area contributed by atoms with Crippen molar-refractivity contribution in [2.75, 3.05) is 0 Å². The molecule has 0 aliphatic heterocycles. The molecule has 1 saturated carbocycles. The molecule has 1 aliphatic carbocycles. The van der Waals surface area contributed by atoms with E-state index in [0.29, 0.717) is 17.9 Å². The van der Waals surface area contributed by atoms with Gasteiger partial charge in [0.25, 0.3) is 0 Å².